The molecular weight excluding hydrogens is 372 g/mol. The van der Waals surface area contributed by atoms with E-state index < -0.39 is 29.1 Å². The number of anilines is 1. The molecule has 7 nitrogen and oxygen atoms in total. The molecule has 0 radical (unpaired) electrons. The number of rotatable bonds is 5. The zero-order valence-corrected chi connectivity index (χ0v) is 15.9. The van der Waals surface area contributed by atoms with E-state index in [-0.39, 0.29) is 16.0 Å². The van der Waals surface area contributed by atoms with Crippen LogP contribution in [0.15, 0.2) is 42.5 Å². The van der Waals surface area contributed by atoms with Crippen molar-refractivity contribution in [1.82, 2.24) is 0 Å². The van der Waals surface area contributed by atoms with Gasteiger partial charge in [-0.2, -0.15) is 0 Å². The van der Waals surface area contributed by atoms with Crippen LogP contribution in [0.4, 0.5) is 11.4 Å². The van der Waals surface area contributed by atoms with Gasteiger partial charge in [0.1, 0.15) is 5.56 Å². The molecular formula is C19H19ClN2O5. The van der Waals surface area contributed by atoms with E-state index in [1.165, 1.54) is 12.1 Å². The highest BCUT2D eigenvalue weighted by atomic mass is 35.5. The Morgan fingerprint density at radius 1 is 1.15 bits per heavy atom. The van der Waals surface area contributed by atoms with E-state index >= 15 is 0 Å². The lowest BCUT2D eigenvalue weighted by Gasteiger charge is -2.19. The van der Waals surface area contributed by atoms with Crippen LogP contribution in [0.3, 0.4) is 0 Å². The third-order valence-corrected chi connectivity index (χ3v) is 3.98. The van der Waals surface area contributed by atoms with Gasteiger partial charge in [-0.15, -0.1) is 0 Å². The molecule has 8 heteroatoms. The summed E-state index contributed by atoms with van der Waals surface area (Å²) >= 11 is 5.70. The van der Waals surface area contributed by atoms with Crippen LogP contribution in [-0.4, -0.2) is 23.4 Å². The minimum Gasteiger partial charge on any atom is -0.452 e. The molecule has 2 aromatic rings. The Hall–Kier alpha value is -2.93. The smallest absolute Gasteiger partial charge is 0.345 e. The molecule has 0 bridgehead atoms. The Labute approximate surface area is 161 Å². The number of nitrogens with one attached hydrogen (secondary N) is 1. The summed E-state index contributed by atoms with van der Waals surface area (Å²) in [6.07, 6.45) is 0. The van der Waals surface area contributed by atoms with Gasteiger partial charge in [0, 0.05) is 16.8 Å². The maximum absolute atomic E-state index is 12.0. The first-order valence-corrected chi connectivity index (χ1v) is 8.47. The number of hydrogen-bond donors (Lipinski definition) is 1. The first kappa shape index (κ1) is 20.4. The van der Waals surface area contributed by atoms with Crippen molar-refractivity contribution in [3.05, 3.63) is 68.7 Å². The van der Waals surface area contributed by atoms with Crippen molar-refractivity contribution in [2.75, 3.05) is 11.9 Å². The van der Waals surface area contributed by atoms with Crippen LogP contribution in [0.5, 0.6) is 0 Å². The number of benzene rings is 2. The van der Waals surface area contributed by atoms with Crippen LogP contribution in [0, 0.1) is 10.1 Å². The fourth-order valence-electron chi connectivity index (χ4n) is 2.29. The van der Waals surface area contributed by atoms with Gasteiger partial charge in [-0.05, 0) is 35.2 Å². The van der Waals surface area contributed by atoms with E-state index in [4.69, 9.17) is 16.3 Å². The number of hydrogen-bond acceptors (Lipinski definition) is 5. The zero-order chi connectivity index (χ0) is 20.2. The topological polar surface area (TPSA) is 98.5 Å². The second kappa shape index (κ2) is 8.18. The molecule has 0 spiro atoms. The fourth-order valence-corrected chi connectivity index (χ4v) is 2.45. The molecule has 0 aliphatic rings. The first-order valence-electron chi connectivity index (χ1n) is 8.09. The van der Waals surface area contributed by atoms with Crippen LogP contribution in [0.1, 0.15) is 36.7 Å². The summed E-state index contributed by atoms with van der Waals surface area (Å²) < 4.78 is 4.87. The second-order valence-corrected chi connectivity index (χ2v) is 7.31. The van der Waals surface area contributed by atoms with Gasteiger partial charge < -0.3 is 10.1 Å². The maximum atomic E-state index is 12.0. The van der Waals surface area contributed by atoms with E-state index in [9.17, 15) is 19.7 Å². The summed E-state index contributed by atoms with van der Waals surface area (Å²) in [6.45, 7) is 5.67. The van der Waals surface area contributed by atoms with Gasteiger partial charge in [-0.3, -0.25) is 14.9 Å². The molecule has 0 unspecified atom stereocenters. The van der Waals surface area contributed by atoms with Crippen LogP contribution in [-0.2, 0) is 14.9 Å². The molecule has 0 aromatic heterocycles. The number of carbonyl (C=O) groups excluding carboxylic acids is 2. The molecule has 1 amide bonds. The highest BCUT2D eigenvalue weighted by Gasteiger charge is 2.22. The Bertz CT molecular complexity index is 873. The molecule has 1 N–H and O–H groups in total. The summed E-state index contributed by atoms with van der Waals surface area (Å²) in [4.78, 5) is 34.3. The Balaban J connectivity index is 1.98. The van der Waals surface area contributed by atoms with Gasteiger partial charge in [-0.1, -0.05) is 44.5 Å². The van der Waals surface area contributed by atoms with Crippen molar-refractivity contribution in [2.24, 2.45) is 0 Å². The zero-order valence-electron chi connectivity index (χ0n) is 15.1. The minimum atomic E-state index is -0.975. The van der Waals surface area contributed by atoms with Gasteiger partial charge in [0.15, 0.2) is 6.61 Å². The summed E-state index contributed by atoms with van der Waals surface area (Å²) in [7, 11) is 0. The van der Waals surface area contributed by atoms with Crippen molar-refractivity contribution in [3.63, 3.8) is 0 Å². The molecule has 0 saturated carbocycles. The lowest BCUT2D eigenvalue weighted by atomic mass is 9.87. The summed E-state index contributed by atoms with van der Waals surface area (Å²) in [5.41, 5.74) is 0.909. The van der Waals surface area contributed by atoms with Crippen molar-refractivity contribution in [3.8, 4) is 0 Å². The molecule has 0 aliphatic carbocycles. The fraction of sp³-hybridized carbons (Fsp3) is 0.263. The SMILES string of the molecule is CC(C)(C)c1ccc(NC(=O)COC(=O)c2ccc(Cl)cc2[N+](=O)[O-])cc1. The van der Waals surface area contributed by atoms with Gasteiger partial charge in [-0.25, -0.2) is 4.79 Å². The molecule has 0 fully saturated rings. The minimum absolute atomic E-state index is 0.00857. The van der Waals surface area contributed by atoms with Crippen molar-refractivity contribution in [2.45, 2.75) is 26.2 Å². The molecule has 27 heavy (non-hydrogen) atoms. The van der Waals surface area contributed by atoms with Gasteiger partial charge in [0.25, 0.3) is 11.6 Å². The first-order chi connectivity index (χ1) is 12.6. The van der Waals surface area contributed by atoms with Gasteiger partial charge in [0.2, 0.25) is 0 Å². The number of amides is 1. The number of halogens is 1. The molecule has 142 valence electrons. The number of ether oxygens (including phenoxy) is 1. The molecule has 0 atom stereocenters. The van der Waals surface area contributed by atoms with Crippen LogP contribution >= 0.6 is 11.6 Å². The Morgan fingerprint density at radius 3 is 2.33 bits per heavy atom. The third-order valence-electron chi connectivity index (χ3n) is 3.75. The molecule has 2 aromatic carbocycles. The number of nitrogens with zero attached hydrogens (tertiary/aromatic N) is 1. The number of esters is 1. The predicted molar refractivity (Wildman–Crippen MR) is 102 cm³/mol. The van der Waals surface area contributed by atoms with Crippen LogP contribution in [0.2, 0.25) is 5.02 Å². The molecule has 0 saturated heterocycles. The molecule has 0 aliphatic heterocycles. The number of nitro benzene ring substituents is 1. The predicted octanol–water partition coefficient (Wildman–Crippen LogP) is 4.34. The third kappa shape index (κ3) is 5.52. The van der Waals surface area contributed by atoms with Crippen LogP contribution < -0.4 is 5.32 Å². The lowest BCUT2D eigenvalue weighted by Crippen LogP contribution is -2.21. The largest absolute Gasteiger partial charge is 0.452 e. The summed E-state index contributed by atoms with van der Waals surface area (Å²) in [6, 6.07) is 10.9. The van der Waals surface area contributed by atoms with Crippen molar-refractivity contribution < 1.29 is 19.2 Å². The molecule has 2 rings (SSSR count). The van der Waals surface area contributed by atoms with E-state index in [0.717, 1.165) is 11.6 Å². The van der Waals surface area contributed by atoms with Gasteiger partial charge in [0.05, 0.1) is 4.92 Å². The van der Waals surface area contributed by atoms with Crippen molar-refractivity contribution in [1.29, 1.82) is 0 Å². The quantitative estimate of drug-likeness (QED) is 0.465. The van der Waals surface area contributed by atoms with E-state index in [1.807, 2.05) is 12.1 Å². The standard InChI is InChI=1S/C19H19ClN2O5/c1-19(2,3)12-4-7-14(8-5-12)21-17(23)11-27-18(24)15-9-6-13(20)10-16(15)22(25)26/h4-10H,11H2,1-3H3,(H,21,23). The summed E-state index contributed by atoms with van der Waals surface area (Å²) in [5, 5.41) is 13.7. The summed E-state index contributed by atoms with van der Waals surface area (Å²) in [5.74, 6) is -1.53. The van der Waals surface area contributed by atoms with E-state index in [1.54, 1.807) is 12.1 Å². The maximum Gasteiger partial charge on any atom is 0.345 e. The van der Waals surface area contributed by atoms with E-state index in [0.29, 0.717) is 5.69 Å². The molecule has 0 heterocycles. The average Bonchev–Trinajstić information content (AvgIpc) is 2.59. The average molecular weight is 391 g/mol. The van der Waals surface area contributed by atoms with Crippen LogP contribution in [0.25, 0.3) is 0 Å². The second-order valence-electron chi connectivity index (χ2n) is 6.87. The van der Waals surface area contributed by atoms with Gasteiger partial charge >= 0.3 is 5.97 Å². The monoisotopic (exact) mass is 390 g/mol. The van der Waals surface area contributed by atoms with Crippen molar-refractivity contribution >= 4 is 34.9 Å². The lowest BCUT2D eigenvalue weighted by molar-refractivity contribution is -0.385. The Kier molecular flexibility index (Phi) is 6.17. The number of carbonyl (C=O) groups is 2. The highest BCUT2D eigenvalue weighted by molar-refractivity contribution is 6.31. The highest BCUT2D eigenvalue weighted by Crippen LogP contribution is 2.24. The Morgan fingerprint density at radius 2 is 1.78 bits per heavy atom. The normalized spacial score (nSPS) is 11.0. The number of nitro groups is 1. The van der Waals surface area contributed by atoms with E-state index in [2.05, 4.69) is 26.1 Å².